The lowest BCUT2D eigenvalue weighted by molar-refractivity contribution is -0.710. The van der Waals surface area contributed by atoms with Crippen molar-refractivity contribution in [2.75, 3.05) is 7.05 Å². The van der Waals surface area contributed by atoms with Crippen molar-refractivity contribution in [3.63, 3.8) is 0 Å². The molecule has 0 saturated heterocycles. The van der Waals surface area contributed by atoms with Crippen molar-refractivity contribution in [2.24, 2.45) is 0 Å². The first kappa shape index (κ1) is 13.0. The van der Waals surface area contributed by atoms with Crippen LogP contribution in [0.1, 0.15) is 25.5 Å². The lowest BCUT2D eigenvalue weighted by Gasteiger charge is -2.16. The first-order chi connectivity index (χ1) is 7.56. The maximum atomic E-state index is 11.4. The molecule has 2 atom stereocenters. The third kappa shape index (κ3) is 3.22. The zero-order valence-corrected chi connectivity index (χ0v) is 10.6. The van der Waals surface area contributed by atoms with Gasteiger partial charge >= 0.3 is 0 Å². The van der Waals surface area contributed by atoms with Crippen LogP contribution >= 0.6 is 11.6 Å². The topological polar surface area (TPSA) is 45.7 Å². The molecule has 0 spiro atoms. The Bertz CT molecular complexity index is 368. The molecule has 0 bridgehead atoms. The third-order valence-electron chi connectivity index (χ3n) is 2.63. The number of hydrogen-bond acceptors (Lipinski definition) is 1. The summed E-state index contributed by atoms with van der Waals surface area (Å²) in [6.07, 6.45) is 0. The van der Waals surface area contributed by atoms with Crippen LogP contribution in [0.25, 0.3) is 0 Å². The molecular weight excluding hydrogens is 224 g/mol. The summed E-state index contributed by atoms with van der Waals surface area (Å²) in [5.41, 5.74) is 1.06. The normalized spacial score (nSPS) is 14.2. The summed E-state index contributed by atoms with van der Waals surface area (Å²) in [7, 11) is 1.65. The molecule has 0 aromatic heterocycles. The fourth-order valence-corrected chi connectivity index (χ4v) is 2.00. The second-order valence-corrected chi connectivity index (χ2v) is 4.31. The smallest absolute Gasteiger partial charge is 0.277 e. The van der Waals surface area contributed by atoms with Crippen molar-refractivity contribution in [1.29, 1.82) is 0 Å². The van der Waals surface area contributed by atoms with Crippen molar-refractivity contribution in [2.45, 2.75) is 25.9 Å². The second-order valence-electron chi connectivity index (χ2n) is 3.91. The van der Waals surface area contributed by atoms with E-state index in [1.54, 1.807) is 7.05 Å². The Morgan fingerprint density at radius 2 is 2.00 bits per heavy atom. The number of rotatable bonds is 4. The third-order valence-corrected chi connectivity index (χ3v) is 2.98. The number of benzene rings is 1. The van der Waals surface area contributed by atoms with Crippen molar-refractivity contribution in [1.82, 2.24) is 5.32 Å². The van der Waals surface area contributed by atoms with Gasteiger partial charge in [0, 0.05) is 17.6 Å². The Balaban J connectivity index is 2.69. The van der Waals surface area contributed by atoms with Crippen LogP contribution in [0.3, 0.4) is 0 Å². The SMILES string of the molecule is CNC(=O)[C@@H](C)[NH2+][C@H](C)c1ccccc1Cl. The monoisotopic (exact) mass is 241 g/mol. The Morgan fingerprint density at radius 1 is 1.38 bits per heavy atom. The van der Waals surface area contributed by atoms with Crippen molar-refractivity contribution >= 4 is 17.5 Å². The molecule has 16 heavy (non-hydrogen) atoms. The maximum Gasteiger partial charge on any atom is 0.277 e. The maximum absolute atomic E-state index is 11.4. The van der Waals surface area contributed by atoms with E-state index in [9.17, 15) is 4.79 Å². The largest absolute Gasteiger partial charge is 0.354 e. The summed E-state index contributed by atoms with van der Waals surface area (Å²) in [6.45, 7) is 3.92. The first-order valence-corrected chi connectivity index (χ1v) is 5.75. The lowest BCUT2D eigenvalue weighted by atomic mass is 10.1. The standard InChI is InChI=1S/C12H17ClN2O/c1-8(15-9(2)12(16)14-3)10-6-4-5-7-11(10)13/h4-9,15H,1-3H3,(H,14,16)/p+1/t8-,9-/m1/s1. The van der Waals surface area contributed by atoms with Crippen LogP contribution in [0.4, 0.5) is 0 Å². The molecule has 1 aromatic rings. The highest BCUT2D eigenvalue weighted by Crippen LogP contribution is 2.19. The number of nitrogens with two attached hydrogens (primary N) is 1. The quantitative estimate of drug-likeness (QED) is 0.815. The second kappa shape index (κ2) is 5.87. The van der Waals surface area contributed by atoms with Gasteiger partial charge in [-0.15, -0.1) is 0 Å². The summed E-state index contributed by atoms with van der Waals surface area (Å²) < 4.78 is 0. The fraction of sp³-hybridized carbons (Fsp3) is 0.417. The zero-order valence-electron chi connectivity index (χ0n) is 9.83. The summed E-state index contributed by atoms with van der Waals surface area (Å²) in [5, 5.41) is 5.38. The van der Waals surface area contributed by atoms with E-state index in [1.807, 2.05) is 43.4 Å². The van der Waals surface area contributed by atoms with Gasteiger partial charge in [-0.05, 0) is 19.9 Å². The molecule has 0 fully saturated rings. The Hall–Kier alpha value is -1.06. The molecule has 1 rings (SSSR count). The summed E-state index contributed by atoms with van der Waals surface area (Å²) in [5.74, 6) is 0.0268. The van der Waals surface area contributed by atoms with Gasteiger partial charge in [0.05, 0.1) is 0 Å². The van der Waals surface area contributed by atoms with Crippen LogP contribution in [0, 0.1) is 0 Å². The minimum Gasteiger partial charge on any atom is -0.354 e. The molecule has 4 heteroatoms. The summed E-state index contributed by atoms with van der Waals surface area (Å²) in [4.78, 5) is 11.4. The number of hydrogen-bond donors (Lipinski definition) is 2. The molecule has 0 radical (unpaired) electrons. The van der Waals surface area contributed by atoms with Crippen LogP contribution in [-0.2, 0) is 4.79 Å². The van der Waals surface area contributed by atoms with E-state index >= 15 is 0 Å². The first-order valence-electron chi connectivity index (χ1n) is 5.37. The Morgan fingerprint density at radius 3 is 2.56 bits per heavy atom. The highest BCUT2D eigenvalue weighted by atomic mass is 35.5. The number of amides is 1. The predicted molar refractivity (Wildman–Crippen MR) is 65.3 cm³/mol. The van der Waals surface area contributed by atoms with Crippen LogP contribution in [-0.4, -0.2) is 19.0 Å². The molecule has 3 nitrogen and oxygen atoms in total. The van der Waals surface area contributed by atoms with Crippen LogP contribution in [0.2, 0.25) is 5.02 Å². The minimum absolute atomic E-state index is 0.0268. The number of carbonyl (C=O) groups excluding carboxylic acids is 1. The van der Waals surface area contributed by atoms with E-state index < -0.39 is 0 Å². The van der Waals surface area contributed by atoms with Gasteiger partial charge in [-0.1, -0.05) is 29.8 Å². The lowest BCUT2D eigenvalue weighted by Crippen LogP contribution is -2.92. The number of carbonyl (C=O) groups is 1. The van der Waals surface area contributed by atoms with Crippen LogP contribution in [0.15, 0.2) is 24.3 Å². The summed E-state index contributed by atoms with van der Waals surface area (Å²) >= 11 is 6.10. The number of likely N-dealkylation sites (N-methyl/N-ethyl adjacent to an activating group) is 1. The van der Waals surface area contributed by atoms with Gasteiger partial charge in [0.1, 0.15) is 6.04 Å². The van der Waals surface area contributed by atoms with Gasteiger partial charge in [0.25, 0.3) is 5.91 Å². The average Bonchev–Trinajstić information content (AvgIpc) is 2.28. The molecule has 0 aliphatic rings. The van der Waals surface area contributed by atoms with E-state index in [0.717, 1.165) is 10.6 Å². The van der Waals surface area contributed by atoms with E-state index in [-0.39, 0.29) is 18.0 Å². The van der Waals surface area contributed by atoms with E-state index in [2.05, 4.69) is 5.32 Å². The van der Waals surface area contributed by atoms with Crippen LogP contribution < -0.4 is 10.6 Å². The Labute approximate surface area is 101 Å². The average molecular weight is 242 g/mol. The number of nitrogens with one attached hydrogen (secondary N) is 1. The number of halogens is 1. The van der Waals surface area contributed by atoms with Crippen molar-refractivity contribution in [3.8, 4) is 0 Å². The zero-order chi connectivity index (χ0) is 12.1. The van der Waals surface area contributed by atoms with Crippen molar-refractivity contribution < 1.29 is 10.1 Å². The van der Waals surface area contributed by atoms with Crippen LogP contribution in [0.5, 0.6) is 0 Å². The summed E-state index contributed by atoms with van der Waals surface area (Å²) in [6, 6.07) is 7.76. The highest BCUT2D eigenvalue weighted by Gasteiger charge is 2.20. The highest BCUT2D eigenvalue weighted by molar-refractivity contribution is 6.31. The number of quaternary nitrogens is 1. The minimum atomic E-state index is -0.115. The van der Waals surface area contributed by atoms with Gasteiger partial charge in [-0.3, -0.25) is 4.79 Å². The molecule has 1 aromatic carbocycles. The molecule has 0 aliphatic heterocycles. The van der Waals surface area contributed by atoms with E-state index in [4.69, 9.17) is 11.6 Å². The predicted octanol–water partition coefficient (Wildman–Crippen LogP) is 1.10. The van der Waals surface area contributed by atoms with Gasteiger partial charge in [0.2, 0.25) is 0 Å². The molecule has 0 unspecified atom stereocenters. The molecule has 0 saturated carbocycles. The van der Waals surface area contributed by atoms with Gasteiger partial charge in [-0.2, -0.15) is 0 Å². The van der Waals surface area contributed by atoms with E-state index in [1.165, 1.54) is 0 Å². The molecular formula is C12H18ClN2O+. The van der Waals surface area contributed by atoms with Crippen molar-refractivity contribution in [3.05, 3.63) is 34.9 Å². The Kier molecular flexibility index (Phi) is 4.77. The fourth-order valence-electron chi connectivity index (χ4n) is 1.70. The van der Waals surface area contributed by atoms with E-state index in [0.29, 0.717) is 0 Å². The molecule has 0 heterocycles. The van der Waals surface area contributed by atoms with Gasteiger partial charge in [-0.25, -0.2) is 0 Å². The van der Waals surface area contributed by atoms with Gasteiger partial charge < -0.3 is 10.6 Å². The molecule has 0 aliphatic carbocycles. The van der Waals surface area contributed by atoms with Gasteiger partial charge in [0.15, 0.2) is 6.04 Å². The molecule has 3 N–H and O–H groups in total. The molecule has 88 valence electrons. The molecule has 1 amide bonds.